The molecule has 3 rings (SSSR count). The number of ketones is 1. The Labute approximate surface area is 132 Å². The van der Waals surface area contributed by atoms with Crippen LogP contribution < -0.4 is 5.76 Å². The molecule has 1 aromatic carbocycles. The van der Waals surface area contributed by atoms with Gasteiger partial charge in [0.05, 0.1) is 12.1 Å². The number of hydrogen-bond donors (Lipinski definition) is 1. The maximum Gasteiger partial charge on any atom is 0.417 e. The number of piperidine rings is 1. The summed E-state index contributed by atoms with van der Waals surface area (Å²) < 4.78 is 9.96. The third-order valence-corrected chi connectivity index (χ3v) is 4.10. The summed E-state index contributed by atoms with van der Waals surface area (Å²) in [6, 6.07) is 4.95. The molecule has 0 spiro atoms. The van der Waals surface area contributed by atoms with Crippen molar-refractivity contribution in [1.29, 1.82) is 0 Å². The smallest absolute Gasteiger partial charge is 0.417 e. The Morgan fingerprint density at radius 3 is 2.78 bits per heavy atom. The number of aromatic nitrogens is 1. The maximum absolute atomic E-state index is 12.6. The van der Waals surface area contributed by atoms with Crippen molar-refractivity contribution >= 4 is 23.0 Å². The van der Waals surface area contributed by atoms with Gasteiger partial charge in [0.25, 0.3) is 0 Å². The Kier molecular flexibility index (Phi) is 4.18. The van der Waals surface area contributed by atoms with E-state index in [2.05, 4.69) is 4.98 Å². The van der Waals surface area contributed by atoms with Crippen molar-refractivity contribution in [3.8, 4) is 0 Å². The maximum atomic E-state index is 12.6. The topological polar surface area (TPSA) is 92.6 Å². The second kappa shape index (κ2) is 6.28. The number of hydrogen-bond acceptors (Lipinski definition) is 5. The zero-order valence-corrected chi connectivity index (χ0v) is 12.8. The van der Waals surface area contributed by atoms with E-state index in [9.17, 15) is 14.4 Å². The van der Waals surface area contributed by atoms with Crippen LogP contribution in [-0.2, 0) is 4.74 Å². The Morgan fingerprint density at radius 1 is 1.35 bits per heavy atom. The molecule has 1 saturated heterocycles. The van der Waals surface area contributed by atoms with Crippen molar-refractivity contribution in [3.05, 3.63) is 34.3 Å². The molecule has 1 fully saturated rings. The number of carbonyl (C=O) groups is 2. The molecule has 7 heteroatoms. The van der Waals surface area contributed by atoms with Crippen LogP contribution >= 0.6 is 0 Å². The molecule has 1 aromatic heterocycles. The molecule has 0 unspecified atom stereocenters. The number of amides is 1. The largest absolute Gasteiger partial charge is 0.450 e. The van der Waals surface area contributed by atoms with Gasteiger partial charge in [0, 0.05) is 24.6 Å². The van der Waals surface area contributed by atoms with Crippen LogP contribution in [0.3, 0.4) is 0 Å². The Morgan fingerprint density at radius 2 is 2.09 bits per heavy atom. The summed E-state index contributed by atoms with van der Waals surface area (Å²) in [5.41, 5.74) is 1.48. The van der Waals surface area contributed by atoms with Crippen LogP contribution in [0.4, 0.5) is 4.79 Å². The van der Waals surface area contributed by atoms with Gasteiger partial charge in [-0.15, -0.1) is 0 Å². The molecule has 2 heterocycles. The van der Waals surface area contributed by atoms with Gasteiger partial charge in [0.2, 0.25) is 0 Å². The van der Waals surface area contributed by atoms with Gasteiger partial charge in [-0.1, -0.05) is 0 Å². The van der Waals surface area contributed by atoms with Gasteiger partial charge in [-0.2, -0.15) is 0 Å². The first-order chi connectivity index (χ1) is 11.1. The molecule has 1 amide bonds. The van der Waals surface area contributed by atoms with E-state index >= 15 is 0 Å². The highest BCUT2D eigenvalue weighted by Gasteiger charge is 2.28. The fourth-order valence-corrected chi connectivity index (χ4v) is 2.87. The van der Waals surface area contributed by atoms with Crippen molar-refractivity contribution in [1.82, 2.24) is 9.88 Å². The zero-order chi connectivity index (χ0) is 16.4. The summed E-state index contributed by atoms with van der Waals surface area (Å²) in [5, 5.41) is 0. The first-order valence-corrected chi connectivity index (χ1v) is 7.67. The molecule has 1 aliphatic rings. The van der Waals surface area contributed by atoms with Gasteiger partial charge < -0.3 is 14.1 Å². The quantitative estimate of drug-likeness (QED) is 0.876. The first kappa shape index (κ1) is 15.3. The first-order valence-electron chi connectivity index (χ1n) is 7.67. The Bertz CT molecular complexity index is 783. The van der Waals surface area contributed by atoms with Crippen LogP contribution in [0.15, 0.2) is 27.4 Å². The molecular weight excluding hydrogens is 300 g/mol. The fraction of sp³-hybridized carbons (Fsp3) is 0.438. The Balaban J connectivity index is 1.68. The number of aromatic amines is 1. The molecular formula is C16H18N2O5. The molecule has 7 nitrogen and oxygen atoms in total. The van der Waals surface area contributed by atoms with E-state index in [1.54, 1.807) is 30.0 Å². The average molecular weight is 318 g/mol. The fourth-order valence-electron chi connectivity index (χ4n) is 2.87. The lowest BCUT2D eigenvalue weighted by atomic mass is 9.89. The SMILES string of the molecule is CCOC(=O)N1CCC(C(=O)c2ccc3[nH]c(=O)oc3c2)CC1. The molecule has 122 valence electrons. The second-order valence-electron chi connectivity index (χ2n) is 5.55. The number of likely N-dealkylation sites (tertiary alicyclic amines) is 1. The number of benzene rings is 1. The van der Waals surface area contributed by atoms with Crippen molar-refractivity contribution in [2.24, 2.45) is 5.92 Å². The van der Waals surface area contributed by atoms with Gasteiger partial charge in [-0.3, -0.25) is 9.78 Å². The molecule has 1 N–H and O–H groups in total. The van der Waals surface area contributed by atoms with Gasteiger partial charge in [-0.05, 0) is 38.0 Å². The number of rotatable bonds is 3. The summed E-state index contributed by atoms with van der Waals surface area (Å²) in [6.45, 7) is 3.14. The highest BCUT2D eigenvalue weighted by atomic mass is 16.6. The highest BCUT2D eigenvalue weighted by molar-refractivity contribution is 6.00. The number of H-pyrrole nitrogens is 1. The number of ether oxygens (including phenoxy) is 1. The van der Waals surface area contributed by atoms with Gasteiger partial charge >= 0.3 is 11.8 Å². The molecule has 1 aliphatic heterocycles. The molecule has 0 aliphatic carbocycles. The van der Waals surface area contributed by atoms with Crippen LogP contribution in [0.5, 0.6) is 0 Å². The second-order valence-corrected chi connectivity index (χ2v) is 5.55. The van der Waals surface area contributed by atoms with Crippen LogP contribution in [0, 0.1) is 5.92 Å². The van der Waals surface area contributed by atoms with E-state index in [1.165, 1.54) is 0 Å². The number of carbonyl (C=O) groups excluding carboxylic acids is 2. The van der Waals surface area contributed by atoms with Crippen molar-refractivity contribution < 1.29 is 18.7 Å². The van der Waals surface area contributed by atoms with E-state index in [0.717, 1.165) is 0 Å². The third kappa shape index (κ3) is 3.13. The molecule has 0 radical (unpaired) electrons. The van der Waals surface area contributed by atoms with Crippen molar-refractivity contribution in [2.75, 3.05) is 19.7 Å². The third-order valence-electron chi connectivity index (χ3n) is 4.10. The summed E-state index contributed by atoms with van der Waals surface area (Å²) in [6.07, 6.45) is 0.883. The molecule has 23 heavy (non-hydrogen) atoms. The molecule has 0 atom stereocenters. The van der Waals surface area contributed by atoms with Crippen molar-refractivity contribution in [2.45, 2.75) is 19.8 Å². The normalized spacial score (nSPS) is 15.8. The molecule has 0 bridgehead atoms. The molecule has 2 aromatic rings. The number of Topliss-reactive ketones (excluding diaryl/α,β-unsaturated/α-hetero) is 1. The van der Waals surface area contributed by atoms with Gasteiger partial charge in [0.1, 0.15) is 0 Å². The predicted octanol–water partition coefficient (Wildman–Crippen LogP) is 2.17. The minimum atomic E-state index is -0.535. The lowest BCUT2D eigenvalue weighted by molar-refractivity contribution is 0.0753. The number of nitrogens with one attached hydrogen (secondary N) is 1. The van der Waals surface area contributed by atoms with Crippen LogP contribution in [0.2, 0.25) is 0 Å². The lowest BCUT2D eigenvalue weighted by Crippen LogP contribution is -2.40. The lowest BCUT2D eigenvalue weighted by Gasteiger charge is -2.30. The summed E-state index contributed by atoms with van der Waals surface area (Å²) in [4.78, 5) is 39.6. The van der Waals surface area contributed by atoms with Gasteiger partial charge in [-0.25, -0.2) is 9.59 Å². The van der Waals surface area contributed by atoms with E-state index in [-0.39, 0.29) is 17.8 Å². The van der Waals surface area contributed by atoms with E-state index in [4.69, 9.17) is 9.15 Å². The minimum absolute atomic E-state index is 0.0132. The molecule has 0 saturated carbocycles. The summed E-state index contributed by atoms with van der Waals surface area (Å²) >= 11 is 0. The number of fused-ring (bicyclic) bond motifs is 1. The summed E-state index contributed by atoms with van der Waals surface area (Å²) in [5.74, 6) is -0.657. The van der Waals surface area contributed by atoms with E-state index in [0.29, 0.717) is 49.2 Å². The summed E-state index contributed by atoms with van der Waals surface area (Å²) in [7, 11) is 0. The average Bonchev–Trinajstić information content (AvgIpc) is 2.93. The van der Waals surface area contributed by atoms with Crippen LogP contribution in [0.25, 0.3) is 11.1 Å². The standard InChI is InChI=1S/C16H18N2O5/c1-2-22-16(21)18-7-5-10(6-8-18)14(19)11-3-4-12-13(9-11)23-15(20)17-12/h3-4,9-10H,2,5-8H2,1H3,(H,17,20). The zero-order valence-electron chi connectivity index (χ0n) is 12.8. The van der Waals surface area contributed by atoms with Crippen molar-refractivity contribution in [3.63, 3.8) is 0 Å². The Hall–Kier alpha value is -2.57. The predicted molar refractivity (Wildman–Crippen MR) is 82.5 cm³/mol. The number of nitrogens with zero attached hydrogens (tertiary/aromatic N) is 1. The number of oxazole rings is 1. The van der Waals surface area contributed by atoms with E-state index in [1.807, 2.05) is 0 Å². The van der Waals surface area contributed by atoms with E-state index < -0.39 is 5.76 Å². The monoisotopic (exact) mass is 318 g/mol. The minimum Gasteiger partial charge on any atom is -0.450 e. The van der Waals surface area contributed by atoms with Crippen LogP contribution in [-0.4, -0.2) is 41.5 Å². The van der Waals surface area contributed by atoms with Crippen LogP contribution in [0.1, 0.15) is 30.1 Å². The highest BCUT2D eigenvalue weighted by Crippen LogP contribution is 2.23. The van der Waals surface area contributed by atoms with Gasteiger partial charge in [0.15, 0.2) is 11.4 Å².